The molecule has 1 rings (SSSR count). The van der Waals surface area contributed by atoms with Crippen LogP contribution in [0.4, 0.5) is 0 Å². The summed E-state index contributed by atoms with van der Waals surface area (Å²) in [4.78, 5) is 0. The lowest BCUT2D eigenvalue weighted by molar-refractivity contribution is 0.281. The molecule has 0 amide bonds. The van der Waals surface area contributed by atoms with Gasteiger partial charge in [0.25, 0.3) is 0 Å². The summed E-state index contributed by atoms with van der Waals surface area (Å²) in [6, 6.07) is 5.87. The van der Waals surface area contributed by atoms with Crippen molar-refractivity contribution in [1.29, 1.82) is 0 Å². The second kappa shape index (κ2) is 4.58. The molecule has 0 aliphatic carbocycles. The Morgan fingerprint density at radius 3 is 2.77 bits per heavy atom. The Hall–Kier alpha value is -0.600. The van der Waals surface area contributed by atoms with Crippen LogP contribution in [0.5, 0.6) is 0 Å². The lowest BCUT2D eigenvalue weighted by Gasteiger charge is -2.08. The summed E-state index contributed by atoms with van der Waals surface area (Å²) < 4.78 is 0.982. The number of aliphatic hydroxyl groups is 1. The minimum Gasteiger partial charge on any atom is -0.392 e. The molecule has 1 nitrogen and oxygen atoms in total. The summed E-state index contributed by atoms with van der Waals surface area (Å²) in [5.74, 6) is 1.11. The molecule has 69 valence electrons. The van der Waals surface area contributed by atoms with Crippen LogP contribution in [0.15, 0.2) is 35.3 Å². The van der Waals surface area contributed by atoms with Crippen LogP contribution in [-0.4, -0.2) is 5.11 Å². The van der Waals surface area contributed by atoms with Crippen molar-refractivity contribution in [2.24, 2.45) is 0 Å². The Balaban J connectivity index is 3.07. The standard InChI is InChI=1S/C11H12BrO/c1-3-8(2)10-4-9(7-13)5-11(12)6-10/h3-6,13H,1,7H2,2H3. The molecule has 1 aromatic rings. The molecule has 0 saturated heterocycles. The molecule has 0 aromatic heterocycles. The molecule has 2 heteroatoms. The van der Waals surface area contributed by atoms with Gasteiger partial charge in [-0.1, -0.05) is 35.0 Å². The topological polar surface area (TPSA) is 20.2 Å². The molecule has 0 bridgehead atoms. The predicted molar refractivity (Wildman–Crippen MR) is 58.3 cm³/mol. The van der Waals surface area contributed by atoms with Crippen LogP contribution < -0.4 is 0 Å². The maximum Gasteiger partial charge on any atom is 0.0682 e. The normalized spacial score (nSPS) is 10.5. The molecular weight excluding hydrogens is 228 g/mol. The van der Waals surface area contributed by atoms with Crippen LogP contribution in [0, 0.1) is 5.92 Å². The zero-order valence-electron chi connectivity index (χ0n) is 7.55. The van der Waals surface area contributed by atoms with Gasteiger partial charge in [0.1, 0.15) is 0 Å². The molecule has 0 saturated carbocycles. The van der Waals surface area contributed by atoms with Crippen LogP contribution in [0.1, 0.15) is 18.1 Å². The summed E-state index contributed by atoms with van der Waals surface area (Å²) in [5, 5.41) is 8.99. The monoisotopic (exact) mass is 239 g/mol. The maximum absolute atomic E-state index is 8.99. The van der Waals surface area contributed by atoms with Gasteiger partial charge in [-0.05, 0) is 23.3 Å². The Morgan fingerprint density at radius 2 is 2.23 bits per heavy atom. The SMILES string of the molecule is C=C[C](C)c1cc(Br)cc(CO)c1. The highest BCUT2D eigenvalue weighted by Gasteiger charge is 2.04. The molecule has 0 aliphatic heterocycles. The van der Waals surface area contributed by atoms with Gasteiger partial charge in [-0.15, -0.1) is 6.58 Å². The fourth-order valence-electron chi connectivity index (χ4n) is 1.09. The van der Waals surface area contributed by atoms with E-state index in [9.17, 15) is 0 Å². The molecule has 13 heavy (non-hydrogen) atoms. The molecule has 1 radical (unpaired) electrons. The van der Waals surface area contributed by atoms with Gasteiger partial charge in [0.2, 0.25) is 0 Å². The quantitative estimate of drug-likeness (QED) is 0.860. The van der Waals surface area contributed by atoms with E-state index in [4.69, 9.17) is 5.11 Å². The average molecular weight is 240 g/mol. The highest BCUT2D eigenvalue weighted by Crippen LogP contribution is 2.22. The molecule has 0 heterocycles. The summed E-state index contributed by atoms with van der Waals surface area (Å²) in [6.45, 7) is 5.77. The first-order valence-corrected chi connectivity index (χ1v) is 4.83. The van der Waals surface area contributed by atoms with Crippen LogP contribution in [0.3, 0.4) is 0 Å². The van der Waals surface area contributed by atoms with E-state index in [0.717, 1.165) is 21.5 Å². The smallest absolute Gasteiger partial charge is 0.0682 e. The molecule has 1 N–H and O–H groups in total. The molecule has 1 aromatic carbocycles. The Morgan fingerprint density at radius 1 is 1.54 bits per heavy atom. The van der Waals surface area contributed by atoms with Gasteiger partial charge < -0.3 is 5.11 Å². The summed E-state index contributed by atoms with van der Waals surface area (Å²) in [7, 11) is 0. The van der Waals surface area contributed by atoms with Gasteiger partial charge in [0.05, 0.1) is 6.61 Å². The number of hydrogen-bond acceptors (Lipinski definition) is 1. The molecule has 0 fully saturated rings. The van der Waals surface area contributed by atoms with Crippen molar-refractivity contribution < 1.29 is 5.11 Å². The number of halogens is 1. The molecular formula is C11H12BrO. The first-order chi connectivity index (χ1) is 6.17. The van der Waals surface area contributed by atoms with Crippen molar-refractivity contribution in [2.75, 3.05) is 0 Å². The first-order valence-electron chi connectivity index (χ1n) is 4.04. The number of benzene rings is 1. The highest BCUT2D eigenvalue weighted by atomic mass is 79.9. The van der Waals surface area contributed by atoms with E-state index in [1.807, 2.05) is 31.2 Å². The number of allylic oxidation sites excluding steroid dienone is 1. The third kappa shape index (κ3) is 2.68. The Labute approximate surface area is 87.2 Å². The minimum atomic E-state index is 0.0663. The zero-order chi connectivity index (χ0) is 9.84. The number of rotatable bonds is 3. The van der Waals surface area contributed by atoms with Crippen molar-refractivity contribution in [3.63, 3.8) is 0 Å². The van der Waals surface area contributed by atoms with Gasteiger partial charge >= 0.3 is 0 Å². The van der Waals surface area contributed by atoms with Gasteiger partial charge in [-0.25, -0.2) is 0 Å². The second-order valence-electron chi connectivity index (χ2n) is 2.89. The average Bonchev–Trinajstić information content (AvgIpc) is 2.15. The van der Waals surface area contributed by atoms with E-state index in [-0.39, 0.29) is 6.61 Å². The van der Waals surface area contributed by atoms with Crippen molar-refractivity contribution in [2.45, 2.75) is 13.5 Å². The molecule has 0 unspecified atom stereocenters. The van der Waals surface area contributed by atoms with E-state index in [0.29, 0.717) is 0 Å². The second-order valence-corrected chi connectivity index (χ2v) is 3.81. The fraction of sp³-hybridized carbons (Fsp3) is 0.182. The number of aliphatic hydroxyl groups excluding tert-OH is 1. The predicted octanol–water partition coefficient (Wildman–Crippen LogP) is 3.07. The van der Waals surface area contributed by atoms with Gasteiger partial charge in [0, 0.05) is 10.4 Å². The van der Waals surface area contributed by atoms with Gasteiger partial charge in [-0.3, -0.25) is 0 Å². The van der Waals surface area contributed by atoms with Gasteiger partial charge in [-0.2, -0.15) is 0 Å². The third-order valence-corrected chi connectivity index (χ3v) is 2.36. The Kier molecular flexibility index (Phi) is 3.70. The third-order valence-electron chi connectivity index (χ3n) is 1.90. The fourth-order valence-corrected chi connectivity index (χ4v) is 1.63. The minimum absolute atomic E-state index is 0.0663. The molecule has 0 spiro atoms. The first kappa shape index (κ1) is 10.5. The van der Waals surface area contributed by atoms with E-state index >= 15 is 0 Å². The lowest BCUT2D eigenvalue weighted by Crippen LogP contribution is -1.92. The van der Waals surface area contributed by atoms with Crippen LogP contribution in [0.2, 0.25) is 0 Å². The maximum atomic E-state index is 8.99. The van der Waals surface area contributed by atoms with E-state index in [2.05, 4.69) is 22.5 Å². The van der Waals surface area contributed by atoms with Crippen LogP contribution >= 0.6 is 15.9 Å². The zero-order valence-corrected chi connectivity index (χ0v) is 9.13. The summed E-state index contributed by atoms with van der Waals surface area (Å²) >= 11 is 3.39. The molecule has 0 aliphatic rings. The summed E-state index contributed by atoms with van der Waals surface area (Å²) in [5.41, 5.74) is 2.00. The van der Waals surface area contributed by atoms with Crippen molar-refractivity contribution >= 4 is 15.9 Å². The summed E-state index contributed by atoms with van der Waals surface area (Å²) in [6.07, 6.45) is 1.81. The van der Waals surface area contributed by atoms with Gasteiger partial charge in [0.15, 0.2) is 0 Å². The lowest BCUT2D eigenvalue weighted by atomic mass is 9.99. The number of hydrogen-bond donors (Lipinski definition) is 1. The van der Waals surface area contributed by atoms with E-state index in [1.54, 1.807) is 0 Å². The Bertz CT molecular complexity index is 307. The van der Waals surface area contributed by atoms with Crippen LogP contribution in [-0.2, 0) is 6.61 Å². The van der Waals surface area contributed by atoms with Crippen molar-refractivity contribution in [1.82, 2.24) is 0 Å². The van der Waals surface area contributed by atoms with Crippen molar-refractivity contribution in [3.05, 3.63) is 52.4 Å². The molecule has 0 atom stereocenters. The van der Waals surface area contributed by atoms with E-state index in [1.165, 1.54) is 0 Å². The highest BCUT2D eigenvalue weighted by molar-refractivity contribution is 9.10. The van der Waals surface area contributed by atoms with E-state index < -0.39 is 0 Å². The van der Waals surface area contributed by atoms with Crippen molar-refractivity contribution in [3.8, 4) is 0 Å². The largest absolute Gasteiger partial charge is 0.392 e. The van der Waals surface area contributed by atoms with Crippen LogP contribution in [0.25, 0.3) is 0 Å².